The fourth-order valence-corrected chi connectivity index (χ4v) is 2.10. The van der Waals surface area contributed by atoms with Gasteiger partial charge in [-0.1, -0.05) is 11.8 Å². The molecule has 100 valence electrons. The summed E-state index contributed by atoms with van der Waals surface area (Å²) in [6, 6.07) is 7.05. The van der Waals surface area contributed by atoms with Crippen LogP contribution < -0.4 is 4.74 Å². The summed E-state index contributed by atoms with van der Waals surface area (Å²) in [5, 5.41) is 8.24. The van der Waals surface area contributed by atoms with Gasteiger partial charge in [0.2, 0.25) is 5.89 Å². The van der Waals surface area contributed by atoms with E-state index in [4.69, 9.17) is 9.15 Å². The molecule has 0 amide bonds. The van der Waals surface area contributed by atoms with E-state index in [0.717, 1.165) is 24.2 Å². The highest BCUT2D eigenvalue weighted by molar-refractivity contribution is 7.99. The van der Waals surface area contributed by atoms with E-state index in [2.05, 4.69) is 10.2 Å². The number of rotatable bonds is 7. The molecule has 19 heavy (non-hydrogen) atoms. The first-order valence-electron chi connectivity index (χ1n) is 5.89. The second kappa shape index (κ2) is 6.94. The summed E-state index contributed by atoms with van der Waals surface area (Å²) in [6.45, 7) is 2.38. The Morgan fingerprint density at radius 2 is 2.11 bits per heavy atom. The Morgan fingerprint density at radius 3 is 2.74 bits per heavy atom. The molecule has 0 saturated heterocycles. The second-order valence-corrected chi connectivity index (χ2v) is 4.87. The molecule has 0 saturated carbocycles. The Morgan fingerprint density at radius 1 is 1.32 bits per heavy atom. The number of ether oxygens (including phenoxy) is 1. The normalized spacial score (nSPS) is 10.4. The molecule has 0 aliphatic heterocycles. The van der Waals surface area contributed by atoms with Crippen molar-refractivity contribution in [2.24, 2.45) is 0 Å². The maximum atomic E-state index is 10.5. The highest BCUT2D eigenvalue weighted by atomic mass is 32.2. The number of aldehydes is 1. The van der Waals surface area contributed by atoms with Crippen LogP contribution in [0.3, 0.4) is 0 Å². The van der Waals surface area contributed by atoms with Gasteiger partial charge >= 0.3 is 0 Å². The van der Waals surface area contributed by atoms with Crippen LogP contribution in [-0.4, -0.2) is 28.8 Å². The van der Waals surface area contributed by atoms with Crippen molar-refractivity contribution in [3.05, 3.63) is 35.7 Å². The van der Waals surface area contributed by atoms with Gasteiger partial charge in [-0.15, -0.1) is 10.2 Å². The van der Waals surface area contributed by atoms with Crippen molar-refractivity contribution in [1.29, 1.82) is 0 Å². The third kappa shape index (κ3) is 4.40. The van der Waals surface area contributed by atoms with Gasteiger partial charge < -0.3 is 9.15 Å². The van der Waals surface area contributed by atoms with Crippen LogP contribution in [0.25, 0.3) is 0 Å². The maximum Gasteiger partial charge on any atom is 0.276 e. The summed E-state index contributed by atoms with van der Waals surface area (Å²) < 4.78 is 10.8. The number of benzene rings is 1. The summed E-state index contributed by atoms with van der Waals surface area (Å²) in [7, 11) is 0. The van der Waals surface area contributed by atoms with E-state index >= 15 is 0 Å². The van der Waals surface area contributed by atoms with Gasteiger partial charge in [-0.25, -0.2) is 0 Å². The van der Waals surface area contributed by atoms with Gasteiger partial charge in [0.15, 0.2) is 0 Å². The first-order chi connectivity index (χ1) is 9.28. The number of hydrogen-bond acceptors (Lipinski definition) is 6. The topological polar surface area (TPSA) is 65.2 Å². The summed E-state index contributed by atoms with van der Waals surface area (Å²) in [5.41, 5.74) is 0.648. The van der Waals surface area contributed by atoms with E-state index in [9.17, 15) is 4.79 Å². The second-order valence-electron chi connectivity index (χ2n) is 3.82. The summed E-state index contributed by atoms with van der Waals surface area (Å²) in [4.78, 5) is 10.5. The van der Waals surface area contributed by atoms with Gasteiger partial charge in [-0.05, 0) is 30.7 Å². The van der Waals surface area contributed by atoms with E-state index in [0.29, 0.717) is 23.3 Å². The Balaban J connectivity index is 1.64. The zero-order valence-electron chi connectivity index (χ0n) is 10.5. The van der Waals surface area contributed by atoms with Crippen LogP contribution in [0.4, 0.5) is 0 Å². The molecule has 2 aromatic rings. The van der Waals surface area contributed by atoms with E-state index in [-0.39, 0.29) is 0 Å². The van der Waals surface area contributed by atoms with Crippen LogP contribution in [0.5, 0.6) is 5.75 Å². The molecule has 0 unspecified atom stereocenters. The molecule has 1 aromatic carbocycles. The average Bonchev–Trinajstić information content (AvgIpc) is 2.85. The lowest BCUT2D eigenvalue weighted by atomic mass is 10.2. The van der Waals surface area contributed by atoms with Crippen molar-refractivity contribution in [2.45, 2.75) is 18.6 Å². The zero-order valence-corrected chi connectivity index (χ0v) is 11.4. The number of carbonyl (C=O) groups excluding carboxylic acids is 1. The Hall–Kier alpha value is -1.82. The number of aromatic nitrogens is 2. The van der Waals surface area contributed by atoms with Crippen LogP contribution >= 0.6 is 11.8 Å². The number of thioether (sulfide) groups is 1. The van der Waals surface area contributed by atoms with E-state index in [1.807, 2.05) is 0 Å². The maximum absolute atomic E-state index is 10.5. The number of hydrogen-bond donors (Lipinski definition) is 0. The number of carbonyl (C=O) groups is 1. The lowest BCUT2D eigenvalue weighted by Crippen LogP contribution is -1.98. The first kappa shape index (κ1) is 13.6. The van der Waals surface area contributed by atoms with Crippen molar-refractivity contribution in [3.8, 4) is 5.75 Å². The predicted octanol–water partition coefficient (Wildman–Crippen LogP) is 2.75. The zero-order chi connectivity index (χ0) is 13.5. The molecule has 6 heteroatoms. The van der Waals surface area contributed by atoms with Gasteiger partial charge in [-0.2, -0.15) is 0 Å². The van der Waals surface area contributed by atoms with Gasteiger partial charge in [0, 0.05) is 18.2 Å². The third-order valence-electron chi connectivity index (χ3n) is 2.31. The van der Waals surface area contributed by atoms with E-state index < -0.39 is 0 Å². The fraction of sp³-hybridized carbons (Fsp3) is 0.308. The standard InChI is InChI=1S/C13H14N2O3S/c1-10-14-15-13(18-10)19-8-2-7-17-12-5-3-11(9-16)4-6-12/h3-6,9H,2,7-8H2,1H3. The Kier molecular flexibility index (Phi) is 4.97. The summed E-state index contributed by atoms with van der Waals surface area (Å²) in [5.74, 6) is 2.20. The van der Waals surface area contributed by atoms with Crippen LogP contribution in [0.1, 0.15) is 22.7 Å². The lowest BCUT2D eigenvalue weighted by molar-refractivity contribution is 0.112. The average molecular weight is 278 g/mol. The molecule has 0 spiro atoms. The Labute approximate surface area is 115 Å². The molecule has 5 nitrogen and oxygen atoms in total. The monoisotopic (exact) mass is 278 g/mol. The lowest BCUT2D eigenvalue weighted by Gasteiger charge is -2.05. The summed E-state index contributed by atoms with van der Waals surface area (Å²) in [6.07, 6.45) is 1.69. The fourth-order valence-electron chi connectivity index (χ4n) is 1.39. The van der Waals surface area contributed by atoms with Crippen LogP contribution in [0.15, 0.2) is 33.9 Å². The highest BCUT2D eigenvalue weighted by Gasteiger charge is 2.02. The minimum atomic E-state index is 0.578. The van der Waals surface area contributed by atoms with Crippen molar-refractivity contribution in [3.63, 3.8) is 0 Å². The summed E-state index contributed by atoms with van der Waals surface area (Å²) >= 11 is 1.52. The molecule has 0 aliphatic carbocycles. The SMILES string of the molecule is Cc1nnc(SCCCOc2ccc(C=O)cc2)o1. The smallest absolute Gasteiger partial charge is 0.276 e. The van der Waals surface area contributed by atoms with Gasteiger partial charge in [0.25, 0.3) is 5.22 Å². The first-order valence-corrected chi connectivity index (χ1v) is 6.87. The number of nitrogens with zero attached hydrogens (tertiary/aromatic N) is 2. The van der Waals surface area contributed by atoms with Crippen LogP contribution in [0.2, 0.25) is 0 Å². The highest BCUT2D eigenvalue weighted by Crippen LogP contribution is 2.17. The molecular weight excluding hydrogens is 264 g/mol. The van der Waals surface area contributed by atoms with Gasteiger partial charge in [0.1, 0.15) is 12.0 Å². The molecule has 2 rings (SSSR count). The molecule has 0 fully saturated rings. The number of aryl methyl sites for hydroxylation is 1. The van der Waals surface area contributed by atoms with Crippen molar-refractivity contribution < 1.29 is 13.9 Å². The molecule has 0 atom stereocenters. The predicted molar refractivity (Wildman–Crippen MR) is 71.7 cm³/mol. The molecule has 1 aromatic heterocycles. The molecule has 0 bridgehead atoms. The molecule has 0 radical (unpaired) electrons. The van der Waals surface area contributed by atoms with Crippen molar-refractivity contribution in [2.75, 3.05) is 12.4 Å². The van der Waals surface area contributed by atoms with Crippen LogP contribution in [-0.2, 0) is 0 Å². The van der Waals surface area contributed by atoms with Crippen molar-refractivity contribution in [1.82, 2.24) is 10.2 Å². The van der Waals surface area contributed by atoms with Gasteiger partial charge in [-0.3, -0.25) is 4.79 Å². The molecular formula is C13H14N2O3S. The Bertz CT molecular complexity index is 525. The van der Waals surface area contributed by atoms with Crippen LogP contribution in [0, 0.1) is 6.92 Å². The van der Waals surface area contributed by atoms with Crippen molar-refractivity contribution >= 4 is 18.0 Å². The quantitative estimate of drug-likeness (QED) is 0.441. The molecule has 0 N–H and O–H groups in total. The van der Waals surface area contributed by atoms with E-state index in [1.165, 1.54) is 11.8 Å². The van der Waals surface area contributed by atoms with Gasteiger partial charge in [0.05, 0.1) is 6.61 Å². The van der Waals surface area contributed by atoms with E-state index in [1.54, 1.807) is 31.2 Å². The molecule has 0 aliphatic rings. The minimum absolute atomic E-state index is 0.578. The largest absolute Gasteiger partial charge is 0.494 e. The minimum Gasteiger partial charge on any atom is -0.494 e. The molecule has 1 heterocycles. The third-order valence-corrected chi connectivity index (χ3v) is 3.21.